The van der Waals surface area contributed by atoms with Gasteiger partial charge >= 0.3 is 5.97 Å². The normalized spacial score (nSPS) is 11.9. The summed E-state index contributed by atoms with van der Waals surface area (Å²) in [6.45, 7) is 4.67. The Labute approximate surface area is 105 Å². The molecule has 0 aromatic carbocycles. The van der Waals surface area contributed by atoms with Crippen molar-refractivity contribution in [3.8, 4) is 0 Å². The van der Waals surface area contributed by atoms with E-state index in [-0.39, 0.29) is 23.3 Å². The van der Waals surface area contributed by atoms with Crippen molar-refractivity contribution >= 4 is 11.9 Å². The topological polar surface area (TPSA) is 88.5 Å². The van der Waals surface area contributed by atoms with Gasteiger partial charge in [0.15, 0.2) is 0 Å². The minimum Gasteiger partial charge on any atom is -0.477 e. The fraction of sp³-hybridized carbons (Fsp3) is 0.417. The minimum atomic E-state index is -1.16. The average Bonchev–Trinajstić information content (AvgIpc) is 2.36. The zero-order valence-electron chi connectivity index (χ0n) is 10.3. The van der Waals surface area contributed by atoms with Crippen molar-refractivity contribution in [3.63, 3.8) is 0 Å². The van der Waals surface area contributed by atoms with Gasteiger partial charge in [0.1, 0.15) is 5.69 Å². The van der Waals surface area contributed by atoms with Crippen LogP contribution in [0.1, 0.15) is 34.7 Å². The number of hydrogen-bond acceptors (Lipinski definition) is 4. The summed E-state index contributed by atoms with van der Waals surface area (Å²) in [5.74, 6) is -1.50. The molecule has 0 aliphatic rings. The first-order chi connectivity index (χ1) is 8.54. The summed E-state index contributed by atoms with van der Waals surface area (Å²) >= 11 is 0. The van der Waals surface area contributed by atoms with Crippen molar-refractivity contribution in [2.45, 2.75) is 20.0 Å². The van der Waals surface area contributed by atoms with E-state index < -0.39 is 5.97 Å². The summed E-state index contributed by atoms with van der Waals surface area (Å²) in [7, 11) is 0. The second-order valence-electron chi connectivity index (χ2n) is 3.71. The second kappa shape index (κ2) is 6.70. The number of hydrogen-bond donors (Lipinski definition) is 2. The van der Waals surface area contributed by atoms with Gasteiger partial charge in [-0.1, -0.05) is 0 Å². The van der Waals surface area contributed by atoms with Gasteiger partial charge in [0.25, 0.3) is 5.91 Å². The Kier molecular flexibility index (Phi) is 5.26. The number of aromatic nitrogens is 1. The van der Waals surface area contributed by atoms with E-state index in [1.165, 1.54) is 18.3 Å². The third-order valence-electron chi connectivity index (χ3n) is 2.24. The van der Waals surface area contributed by atoms with Crippen LogP contribution in [0.5, 0.6) is 0 Å². The molecule has 0 spiro atoms. The van der Waals surface area contributed by atoms with Crippen molar-refractivity contribution in [3.05, 3.63) is 29.6 Å². The van der Waals surface area contributed by atoms with Gasteiger partial charge in [-0.05, 0) is 26.0 Å². The van der Waals surface area contributed by atoms with Crippen LogP contribution in [0.15, 0.2) is 18.3 Å². The molecular formula is C12H16N2O4. The van der Waals surface area contributed by atoms with E-state index in [0.717, 1.165) is 0 Å². The minimum absolute atomic E-state index is 0.0836. The lowest BCUT2D eigenvalue weighted by Crippen LogP contribution is -2.32. The Morgan fingerprint density at radius 1 is 1.56 bits per heavy atom. The van der Waals surface area contributed by atoms with Crippen LogP contribution >= 0.6 is 0 Å². The maximum absolute atomic E-state index is 11.7. The third kappa shape index (κ3) is 4.14. The van der Waals surface area contributed by atoms with Crippen molar-refractivity contribution < 1.29 is 19.4 Å². The molecule has 0 radical (unpaired) electrons. The van der Waals surface area contributed by atoms with E-state index >= 15 is 0 Å². The summed E-state index contributed by atoms with van der Waals surface area (Å²) in [4.78, 5) is 26.1. The van der Waals surface area contributed by atoms with E-state index in [1.54, 1.807) is 0 Å². The number of nitrogens with zero attached hydrogens (tertiary/aromatic N) is 1. The molecule has 1 amide bonds. The lowest BCUT2D eigenvalue weighted by atomic mass is 10.2. The SMILES string of the molecule is CCOC(C)CNC(=O)c1ccnc(C(=O)O)c1. The van der Waals surface area contributed by atoms with E-state index in [0.29, 0.717) is 13.2 Å². The standard InChI is InChI=1S/C12H16N2O4/c1-3-18-8(2)7-14-11(15)9-4-5-13-10(6-9)12(16)17/h4-6,8H,3,7H2,1-2H3,(H,14,15)(H,16,17). The van der Waals surface area contributed by atoms with Crippen LogP contribution in [0.4, 0.5) is 0 Å². The lowest BCUT2D eigenvalue weighted by molar-refractivity contribution is 0.0687. The molecule has 1 aromatic heterocycles. The van der Waals surface area contributed by atoms with Gasteiger partial charge in [-0.15, -0.1) is 0 Å². The number of carboxylic acid groups (broad SMARTS) is 1. The fourth-order valence-electron chi connectivity index (χ4n) is 1.37. The molecule has 0 bridgehead atoms. The largest absolute Gasteiger partial charge is 0.477 e. The molecule has 1 atom stereocenters. The first kappa shape index (κ1) is 14.1. The highest BCUT2D eigenvalue weighted by atomic mass is 16.5. The highest BCUT2D eigenvalue weighted by molar-refractivity contribution is 5.96. The number of carbonyl (C=O) groups excluding carboxylic acids is 1. The monoisotopic (exact) mass is 252 g/mol. The number of amides is 1. The zero-order valence-corrected chi connectivity index (χ0v) is 10.3. The number of carbonyl (C=O) groups is 2. The molecule has 1 unspecified atom stereocenters. The molecule has 0 saturated carbocycles. The Morgan fingerprint density at radius 2 is 2.28 bits per heavy atom. The number of rotatable bonds is 6. The van der Waals surface area contributed by atoms with Gasteiger partial charge in [0, 0.05) is 24.9 Å². The quantitative estimate of drug-likeness (QED) is 0.786. The Morgan fingerprint density at radius 3 is 2.89 bits per heavy atom. The van der Waals surface area contributed by atoms with E-state index in [9.17, 15) is 9.59 Å². The Hall–Kier alpha value is -1.95. The molecule has 2 N–H and O–H groups in total. The summed E-state index contributed by atoms with van der Waals surface area (Å²) in [6.07, 6.45) is 1.21. The van der Waals surface area contributed by atoms with E-state index in [2.05, 4.69) is 10.3 Å². The summed E-state index contributed by atoms with van der Waals surface area (Å²) in [6, 6.07) is 2.70. The molecule has 1 rings (SSSR count). The number of nitrogens with one attached hydrogen (secondary N) is 1. The van der Waals surface area contributed by atoms with Gasteiger partial charge in [-0.25, -0.2) is 9.78 Å². The predicted octanol–water partition coefficient (Wildman–Crippen LogP) is 0.935. The predicted molar refractivity (Wildman–Crippen MR) is 64.6 cm³/mol. The van der Waals surface area contributed by atoms with Crippen molar-refractivity contribution in [1.82, 2.24) is 10.3 Å². The van der Waals surface area contributed by atoms with Gasteiger partial charge < -0.3 is 15.2 Å². The zero-order chi connectivity index (χ0) is 13.5. The molecule has 0 aliphatic carbocycles. The van der Waals surface area contributed by atoms with Crippen molar-refractivity contribution in [1.29, 1.82) is 0 Å². The molecule has 6 heteroatoms. The fourth-order valence-corrected chi connectivity index (χ4v) is 1.37. The first-order valence-corrected chi connectivity index (χ1v) is 5.63. The Balaban J connectivity index is 2.61. The maximum Gasteiger partial charge on any atom is 0.354 e. The summed E-state index contributed by atoms with van der Waals surface area (Å²) in [5.41, 5.74) is 0.117. The van der Waals surface area contributed by atoms with Crippen LogP contribution in [-0.2, 0) is 4.74 Å². The first-order valence-electron chi connectivity index (χ1n) is 5.63. The summed E-state index contributed by atoms with van der Waals surface area (Å²) in [5, 5.41) is 11.4. The number of aromatic carboxylic acids is 1. The van der Waals surface area contributed by atoms with E-state index in [1.807, 2.05) is 13.8 Å². The van der Waals surface area contributed by atoms with Crippen LogP contribution < -0.4 is 5.32 Å². The average molecular weight is 252 g/mol. The third-order valence-corrected chi connectivity index (χ3v) is 2.24. The second-order valence-corrected chi connectivity index (χ2v) is 3.71. The molecular weight excluding hydrogens is 236 g/mol. The highest BCUT2D eigenvalue weighted by Gasteiger charge is 2.11. The van der Waals surface area contributed by atoms with Gasteiger partial charge in [0.2, 0.25) is 0 Å². The smallest absolute Gasteiger partial charge is 0.354 e. The number of carboxylic acids is 1. The molecule has 0 saturated heterocycles. The Bertz CT molecular complexity index is 434. The maximum atomic E-state index is 11.7. The molecule has 0 fully saturated rings. The van der Waals surface area contributed by atoms with Crippen LogP contribution in [-0.4, -0.2) is 41.2 Å². The van der Waals surface area contributed by atoms with Crippen LogP contribution in [0.2, 0.25) is 0 Å². The van der Waals surface area contributed by atoms with Gasteiger partial charge in [-0.2, -0.15) is 0 Å². The number of pyridine rings is 1. The number of ether oxygens (including phenoxy) is 1. The van der Waals surface area contributed by atoms with Crippen LogP contribution in [0, 0.1) is 0 Å². The van der Waals surface area contributed by atoms with Crippen molar-refractivity contribution in [2.75, 3.05) is 13.2 Å². The highest BCUT2D eigenvalue weighted by Crippen LogP contribution is 2.02. The molecule has 98 valence electrons. The van der Waals surface area contributed by atoms with Crippen molar-refractivity contribution in [2.24, 2.45) is 0 Å². The molecule has 18 heavy (non-hydrogen) atoms. The molecule has 6 nitrogen and oxygen atoms in total. The molecule has 1 aromatic rings. The van der Waals surface area contributed by atoms with Crippen LogP contribution in [0.25, 0.3) is 0 Å². The van der Waals surface area contributed by atoms with E-state index in [4.69, 9.17) is 9.84 Å². The molecule has 1 heterocycles. The van der Waals surface area contributed by atoms with Crippen LogP contribution in [0.3, 0.4) is 0 Å². The van der Waals surface area contributed by atoms with Gasteiger partial charge in [0.05, 0.1) is 6.10 Å². The summed E-state index contributed by atoms with van der Waals surface area (Å²) < 4.78 is 5.27. The lowest BCUT2D eigenvalue weighted by Gasteiger charge is -2.12. The van der Waals surface area contributed by atoms with Gasteiger partial charge in [-0.3, -0.25) is 4.79 Å². The molecule has 0 aliphatic heterocycles.